The van der Waals surface area contributed by atoms with Crippen LogP contribution in [0.25, 0.3) is 0 Å². The Morgan fingerprint density at radius 2 is 1.74 bits per heavy atom. The number of carbonyl (C=O) groups is 3. The summed E-state index contributed by atoms with van der Waals surface area (Å²) in [6.07, 6.45) is 0. The lowest BCUT2D eigenvalue weighted by atomic mass is 10.1. The third kappa shape index (κ3) is 4.13. The van der Waals surface area contributed by atoms with Crippen molar-refractivity contribution in [2.75, 3.05) is 17.2 Å². The largest absolute Gasteiger partial charge is 0.323 e. The van der Waals surface area contributed by atoms with E-state index in [9.17, 15) is 14.4 Å². The Morgan fingerprint density at radius 3 is 2.41 bits per heavy atom. The minimum atomic E-state index is -0.407. The molecule has 2 aromatic rings. The summed E-state index contributed by atoms with van der Waals surface area (Å²) in [6, 6.07) is 10.1. The Bertz CT molecular complexity index is 940. The monoisotopic (exact) mass is 477 g/mol. The number of amides is 4. The Kier molecular flexibility index (Phi) is 5.50. The second-order valence-electron chi connectivity index (χ2n) is 6.91. The van der Waals surface area contributed by atoms with Crippen LogP contribution in [0.2, 0.25) is 0 Å². The van der Waals surface area contributed by atoms with Gasteiger partial charge < -0.3 is 10.6 Å². The number of aryl methyl sites for hydroxylation is 1. The number of benzene rings is 2. The lowest BCUT2D eigenvalue weighted by Crippen LogP contribution is -2.33. The molecule has 2 N–H and O–H groups in total. The molecule has 0 aromatic heterocycles. The number of rotatable bonds is 4. The van der Waals surface area contributed by atoms with Gasteiger partial charge in [-0.3, -0.25) is 14.5 Å². The third-order valence-corrected chi connectivity index (χ3v) is 4.88. The van der Waals surface area contributed by atoms with Gasteiger partial charge in [-0.25, -0.2) is 4.79 Å². The van der Waals surface area contributed by atoms with Crippen molar-refractivity contribution in [1.29, 1.82) is 0 Å². The standard InChI is InChI=1S/C20H20IN3O3/c1-11(2)10-24-18(25)15-6-5-14(9-16(15)19(24)26)22-20(27)23-17-7-4-13(21)8-12(17)3/h4-9,11H,10H2,1-3H3,(H2,22,23,27). The number of hydrogen-bond acceptors (Lipinski definition) is 3. The van der Waals surface area contributed by atoms with Gasteiger partial charge in [-0.1, -0.05) is 13.8 Å². The Morgan fingerprint density at radius 1 is 1.04 bits per heavy atom. The molecule has 0 bridgehead atoms. The first kappa shape index (κ1) is 19.3. The number of anilines is 2. The van der Waals surface area contributed by atoms with E-state index in [1.54, 1.807) is 18.2 Å². The average molecular weight is 477 g/mol. The summed E-state index contributed by atoms with van der Waals surface area (Å²) in [5.74, 6) is -0.414. The van der Waals surface area contributed by atoms with Crippen LogP contribution in [0.5, 0.6) is 0 Å². The van der Waals surface area contributed by atoms with Crippen LogP contribution >= 0.6 is 22.6 Å². The predicted octanol–water partition coefficient (Wildman–Crippen LogP) is 4.50. The van der Waals surface area contributed by atoms with E-state index < -0.39 is 6.03 Å². The van der Waals surface area contributed by atoms with Gasteiger partial charge in [-0.05, 0) is 77.4 Å². The molecule has 4 amide bonds. The molecule has 0 saturated carbocycles. The Labute approximate surface area is 171 Å². The molecule has 0 fully saturated rings. The van der Waals surface area contributed by atoms with Crippen LogP contribution in [0.4, 0.5) is 16.2 Å². The maximum absolute atomic E-state index is 12.5. The summed E-state index contributed by atoms with van der Waals surface area (Å²) < 4.78 is 1.09. The van der Waals surface area contributed by atoms with Crippen LogP contribution in [0.15, 0.2) is 36.4 Å². The first-order valence-corrected chi connectivity index (χ1v) is 9.68. The van der Waals surface area contributed by atoms with Crippen LogP contribution in [-0.2, 0) is 0 Å². The average Bonchev–Trinajstić information content (AvgIpc) is 2.82. The number of halogens is 1. The molecular weight excluding hydrogens is 457 g/mol. The number of imide groups is 1. The van der Waals surface area contributed by atoms with E-state index in [2.05, 4.69) is 33.2 Å². The highest BCUT2D eigenvalue weighted by atomic mass is 127. The molecule has 0 radical (unpaired) electrons. The molecule has 0 unspecified atom stereocenters. The number of fused-ring (bicyclic) bond motifs is 1. The van der Waals surface area contributed by atoms with E-state index in [0.717, 1.165) is 9.13 Å². The summed E-state index contributed by atoms with van der Waals surface area (Å²) in [5.41, 5.74) is 2.82. The van der Waals surface area contributed by atoms with Gasteiger partial charge in [0.1, 0.15) is 0 Å². The minimum absolute atomic E-state index is 0.188. The molecule has 3 rings (SSSR count). The molecule has 6 nitrogen and oxygen atoms in total. The SMILES string of the molecule is Cc1cc(I)ccc1NC(=O)Nc1ccc2c(c1)C(=O)N(CC(C)C)C2=O. The zero-order chi connectivity index (χ0) is 19.7. The number of urea groups is 1. The second-order valence-corrected chi connectivity index (χ2v) is 8.16. The molecule has 2 aromatic carbocycles. The molecule has 1 aliphatic heterocycles. The highest BCUT2D eigenvalue weighted by molar-refractivity contribution is 14.1. The smallest absolute Gasteiger partial charge is 0.308 e. The van der Waals surface area contributed by atoms with Crippen LogP contribution in [0.1, 0.15) is 40.1 Å². The fourth-order valence-electron chi connectivity index (χ4n) is 2.95. The summed E-state index contributed by atoms with van der Waals surface area (Å²) >= 11 is 2.21. The molecule has 0 aliphatic carbocycles. The van der Waals surface area contributed by atoms with Crippen molar-refractivity contribution in [3.05, 3.63) is 56.7 Å². The Hall–Kier alpha value is -2.42. The van der Waals surface area contributed by atoms with Gasteiger partial charge >= 0.3 is 6.03 Å². The maximum Gasteiger partial charge on any atom is 0.323 e. The molecular formula is C20H20IN3O3. The van der Waals surface area contributed by atoms with E-state index in [4.69, 9.17) is 0 Å². The van der Waals surface area contributed by atoms with Crippen LogP contribution in [-0.4, -0.2) is 29.3 Å². The zero-order valence-corrected chi connectivity index (χ0v) is 17.5. The molecule has 7 heteroatoms. The summed E-state index contributed by atoms with van der Waals surface area (Å²) in [5, 5.41) is 5.51. The van der Waals surface area contributed by atoms with Gasteiger partial charge in [0.15, 0.2) is 0 Å². The zero-order valence-electron chi connectivity index (χ0n) is 15.3. The van der Waals surface area contributed by atoms with Gasteiger partial charge in [-0.15, -0.1) is 0 Å². The van der Waals surface area contributed by atoms with Gasteiger partial charge in [0.25, 0.3) is 11.8 Å². The fourth-order valence-corrected chi connectivity index (χ4v) is 3.60. The number of carbonyl (C=O) groups excluding carboxylic acids is 3. The maximum atomic E-state index is 12.5. The van der Waals surface area contributed by atoms with Gasteiger partial charge in [0.2, 0.25) is 0 Å². The highest BCUT2D eigenvalue weighted by Gasteiger charge is 2.35. The highest BCUT2D eigenvalue weighted by Crippen LogP contribution is 2.27. The van der Waals surface area contributed by atoms with E-state index in [-0.39, 0.29) is 17.7 Å². The fraction of sp³-hybridized carbons (Fsp3) is 0.250. The summed E-state index contributed by atoms with van der Waals surface area (Å²) in [7, 11) is 0. The molecule has 1 aliphatic rings. The van der Waals surface area contributed by atoms with Crippen molar-refractivity contribution in [3.63, 3.8) is 0 Å². The third-order valence-electron chi connectivity index (χ3n) is 4.21. The second kappa shape index (κ2) is 7.67. The van der Waals surface area contributed by atoms with E-state index in [0.29, 0.717) is 29.0 Å². The van der Waals surface area contributed by atoms with Gasteiger partial charge in [0.05, 0.1) is 11.1 Å². The first-order chi connectivity index (χ1) is 12.8. The summed E-state index contributed by atoms with van der Waals surface area (Å²) in [6.45, 7) is 6.20. The van der Waals surface area contributed by atoms with Gasteiger partial charge in [-0.2, -0.15) is 0 Å². The van der Waals surface area contributed by atoms with E-state index in [1.165, 1.54) is 4.90 Å². The molecule has 0 atom stereocenters. The molecule has 1 heterocycles. The van der Waals surface area contributed by atoms with Crippen molar-refractivity contribution in [3.8, 4) is 0 Å². The Balaban J connectivity index is 1.75. The molecule has 27 heavy (non-hydrogen) atoms. The number of nitrogens with one attached hydrogen (secondary N) is 2. The molecule has 0 spiro atoms. The quantitative estimate of drug-likeness (QED) is 0.503. The van der Waals surface area contributed by atoms with Crippen LogP contribution in [0, 0.1) is 16.4 Å². The van der Waals surface area contributed by atoms with Gasteiger partial charge in [0, 0.05) is 21.5 Å². The number of hydrogen-bond donors (Lipinski definition) is 2. The first-order valence-electron chi connectivity index (χ1n) is 8.60. The lowest BCUT2D eigenvalue weighted by molar-refractivity contribution is 0.0636. The predicted molar refractivity (Wildman–Crippen MR) is 113 cm³/mol. The van der Waals surface area contributed by atoms with Crippen molar-refractivity contribution in [1.82, 2.24) is 4.90 Å². The normalized spacial score (nSPS) is 13.1. The van der Waals surface area contributed by atoms with E-state index in [1.807, 2.05) is 39.0 Å². The summed E-state index contributed by atoms with van der Waals surface area (Å²) in [4.78, 5) is 38.5. The van der Waals surface area contributed by atoms with Crippen molar-refractivity contribution in [2.24, 2.45) is 5.92 Å². The van der Waals surface area contributed by atoms with E-state index >= 15 is 0 Å². The lowest BCUT2D eigenvalue weighted by Gasteiger charge is -2.15. The molecule has 140 valence electrons. The molecule has 0 saturated heterocycles. The van der Waals surface area contributed by atoms with Crippen LogP contribution in [0.3, 0.4) is 0 Å². The topological polar surface area (TPSA) is 78.5 Å². The minimum Gasteiger partial charge on any atom is -0.308 e. The number of nitrogens with zero attached hydrogens (tertiary/aromatic N) is 1. The van der Waals surface area contributed by atoms with Crippen molar-refractivity contribution in [2.45, 2.75) is 20.8 Å². The van der Waals surface area contributed by atoms with Crippen LogP contribution < -0.4 is 10.6 Å². The van der Waals surface area contributed by atoms with Crippen molar-refractivity contribution < 1.29 is 14.4 Å². The van der Waals surface area contributed by atoms with Crippen molar-refractivity contribution >= 4 is 51.8 Å².